The Bertz CT molecular complexity index is 203. The minimum absolute atomic E-state index is 0.162. The molecular formula is C12H22O3. The normalized spacial score (nSPS) is 13.3. The van der Waals surface area contributed by atoms with Crippen molar-refractivity contribution < 1.29 is 14.3 Å². The molecule has 0 rings (SSSR count). The fraction of sp³-hybridized carbons (Fsp3) is 0.833. The fourth-order valence-corrected chi connectivity index (χ4v) is 1.07. The summed E-state index contributed by atoms with van der Waals surface area (Å²) in [6.07, 6.45) is 3.22. The molecule has 0 amide bonds. The molecule has 88 valence electrons. The van der Waals surface area contributed by atoms with Crippen LogP contribution in [0.3, 0.4) is 0 Å². The van der Waals surface area contributed by atoms with Gasteiger partial charge in [-0.3, -0.25) is 4.79 Å². The molecule has 0 spiro atoms. The molecule has 0 N–H and O–H groups in total. The fourth-order valence-electron chi connectivity index (χ4n) is 1.07. The lowest BCUT2D eigenvalue weighted by atomic mass is 9.97. The van der Waals surface area contributed by atoms with E-state index in [1.165, 1.54) is 0 Å². The summed E-state index contributed by atoms with van der Waals surface area (Å²) in [5, 5.41) is 0. The molecule has 0 unspecified atom stereocenters. The van der Waals surface area contributed by atoms with Crippen LogP contribution in [-0.4, -0.2) is 18.9 Å². The summed E-state index contributed by atoms with van der Waals surface area (Å²) in [6.45, 7) is 8.03. The summed E-state index contributed by atoms with van der Waals surface area (Å²) in [4.78, 5) is 21.5. The van der Waals surface area contributed by atoms with Gasteiger partial charge in [0.1, 0.15) is 6.29 Å². The Hall–Kier alpha value is -0.860. The predicted octanol–water partition coefficient (Wildman–Crippen LogP) is 2.58. The van der Waals surface area contributed by atoms with Crippen LogP contribution in [0, 0.1) is 11.3 Å². The number of aldehydes is 1. The number of hydrogen-bond acceptors (Lipinski definition) is 3. The van der Waals surface area contributed by atoms with E-state index in [4.69, 9.17) is 4.74 Å². The van der Waals surface area contributed by atoms with E-state index in [0.717, 1.165) is 19.1 Å². The molecule has 0 aromatic rings. The number of esters is 1. The number of hydrogen-bond donors (Lipinski definition) is 0. The van der Waals surface area contributed by atoms with E-state index in [1.54, 1.807) is 0 Å². The van der Waals surface area contributed by atoms with Gasteiger partial charge in [-0.25, -0.2) is 0 Å². The first kappa shape index (κ1) is 14.1. The van der Waals surface area contributed by atoms with Gasteiger partial charge in [-0.1, -0.05) is 6.92 Å². The zero-order chi connectivity index (χ0) is 11.9. The Morgan fingerprint density at radius 1 is 1.33 bits per heavy atom. The topological polar surface area (TPSA) is 43.4 Å². The Labute approximate surface area is 92.2 Å². The maximum atomic E-state index is 11.4. The van der Waals surface area contributed by atoms with E-state index in [9.17, 15) is 9.59 Å². The molecule has 0 bridgehead atoms. The smallest absolute Gasteiger partial charge is 0.311 e. The van der Waals surface area contributed by atoms with Gasteiger partial charge < -0.3 is 9.53 Å². The van der Waals surface area contributed by atoms with E-state index < -0.39 is 5.41 Å². The average Bonchev–Trinajstić information content (AvgIpc) is 2.13. The van der Waals surface area contributed by atoms with E-state index in [0.29, 0.717) is 18.9 Å². The quantitative estimate of drug-likeness (QED) is 0.504. The van der Waals surface area contributed by atoms with Crippen molar-refractivity contribution in [2.24, 2.45) is 11.3 Å². The van der Waals surface area contributed by atoms with Gasteiger partial charge in [0.05, 0.1) is 12.0 Å². The number of rotatable bonds is 6. The molecule has 0 aliphatic carbocycles. The molecule has 0 aromatic carbocycles. The van der Waals surface area contributed by atoms with Crippen LogP contribution in [0.2, 0.25) is 0 Å². The van der Waals surface area contributed by atoms with Crippen LogP contribution in [0.25, 0.3) is 0 Å². The molecule has 3 nitrogen and oxygen atoms in total. The Morgan fingerprint density at radius 2 is 1.93 bits per heavy atom. The molecule has 0 heterocycles. The lowest BCUT2D eigenvalue weighted by Crippen LogP contribution is -2.23. The molecule has 1 atom stereocenters. The molecule has 0 fully saturated rings. The highest BCUT2D eigenvalue weighted by Gasteiger charge is 2.22. The zero-order valence-electron chi connectivity index (χ0n) is 10.2. The average molecular weight is 214 g/mol. The first-order valence-electron chi connectivity index (χ1n) is 5.48. The minimum atomic E-state index is -0.425. The van der Waals surface area contributed by atoms with Crippen LogP contribution in [-0.2, 0) is 14.3 Å². The molecule has 0 saturated heterocycles. The predicted molar refractivity (Wildman–Crippen MR) is 59.5 cm³/mol. The van der Waals surface area contributed by atoms with Gasteiger partial charge in [-0.05, 0) is 39.5 Å². The summed E-state index contributed by atoms with van der Waals surface area (Å²) in [5.74, 6) is 0.271. The highest BCUT2D eigenvalue weighted by atomic mass is 16.5. The molecule has 0 aliphatic heterocycles. The molecule has 0 saturated carbocycles. The summed E-state index contributed by atoms with van der Waals surface area (Å²) in [5.41, 5.74) is -0.425. The van der Waals surface area contributed by atoms with Gasteiger partial charge in [0.2, 0.25) is 0 Å². The van der Waals surface area contributed by atoms with Crippen molar-refractivity contribution in [1.29, 1.82) is 0 Å². The summed E-state index contributed by atoms with van der Waals surface area (Å²) >= 11 is 0. The molecule has 3 heteroatoms. The lowest BCUT2D eigenvalue weighted by Gasteiger charge is -2.17. The summed E-state index contributed by atoms with van der Waals surface area (Å²) in [7, 11) is 0. The van der Waals surface area contributed by atoms with Crippen molar-refractivity contribution >= 4 is 12.3 Å². The first-order chi connectivity index (χ1) is 6.88. The Morgan fingerprint density at radius 3 is 2.40 bits per heavy atom. The van der Waals surface area contributed by atoms with Crippen molar-refractivity contribution in [2.75, 3.05) is 6.61 Å². The van der Waals surface area contributed by atoms with Crippen molar-refractivity contribution in [3.63, 3.8) is 0 Å². The standard InChI is InChI=1S/C12H22O3/c1-10(6-5-8-13)7-9-15-11(14)12(2,3)4/h8,10H,5-7,9H2,1-4H3/t10-/m0/s1. The third-order valence-corrected chi connectivity index (χ3v) is 2.23. The van der Waals surface area contributed by atoms with Gasteiger partial charge in [0, 0.05) is 6.42 Å². The number of carbonyl (C=O) groups is 2. The third kappa shape index (κ3) is 7.11. The highest BCUT2D eigenvalue weighted by molar-refractivity contribution is 5.75. The van der Waals surface area contributed by atoms with Crippen LogP contribution in [0.4, 0.5) is 0 Å². The molecular weight excluding hydrogens is 192 g/mol. The summed E-state index contributed by atoms with van der Waals surface area (Å²) in [6, 6.07) is 0. The van der Waals surface area contributed by atoms with Crippen LogP contribution in [0.1, 0.15) is 47.0 Å². The largest absolute Gasteiger partial charge is 0.465 e. The second-order valence-electron chi connectivity index (χ2n) is 5.02. The van der Waals surface area contributed by atoms with E-state index in [1.807, 2.05) is 20.8 Å². The van der Waals surface area contributed by atoms with Crippen molar-refractivity contribution in [1.82, 2.24) is 0 Å². The van der Waals surface area contributed by atoms with E-state index in [2.05, 4.69) is 6.92 Å². The third-order valence-electron chi connectivity index (χ3n) is 2.23. The van der Waals surface area contributed by atoms with Crippen LogP contribution in [0.15, 0.2) is 0 Å². The Balaban J connectivity index is 3.61. The molecule has 0 aliphatic rings. The monoisotopic (exact) mass is 214 g/mol. The second-order valence-corrected chi connectivity index (χ2v) is 5.02. The van der Waals surface area contributed by atoms with E-state index in [-0.39, 0.29) is 5.97 Å². The van der Waals surface area contributed by atoms with Crippen LogP contribution < -0.4 is 0 Å². The lowest BCUT2D eigenvalue weighted by molar-refractivity contribution is -0.153. The van der Waals surface area contributed by atoms with Crippen LogP contribution in [0.5, 0.6) is 0 Å². The van der Waals surface area contributed by atoms with Crippen molar-refractivity contribution in [3.8, 4) is 0 Å². The SMILES string of the molecule is C[C@@H](CCC=O)CCOC(=O)C(C)(C)C. The minimum Gasteiger partial charge on any atom is -0.465 e. The van der Waals surface area contributed by atoms with Gasteiger partial charge in [0.25, 0.3) is 0 Å². The zero-order valence-corrected chi connectivity index (χ0v) is 10.2. The molecule has 0 radical (unpaired) electrons. The van der Waals surface area contributed by atoms with Gasteiger partial charge >= 0.3 is 5.97 Å². The maximum Gasteiger partial charge on any atom is 0.311 e. The first-order valence-corrected chi connectivity index (χ1v) is 5.48. The number of ether oxygens (including phenoxy) is 1. The molecule has 15 heavy (non-hydrogen) atoms. The second kappa shape index (κ2) is 6.59. The van der Waals surface area contributed by atoms with Crippen molar-refractivity contribution in [3.05, 3.63) is 0 Å². The molecule has 0 aromatic heterocycles. The Kier molecular flexibility index (Phi) is 6.21. The van der Waals surface area contributed by atoms with Gasteiger partial charge in [-0.15, -0.1) is 0 Å². The number of carbonyl (C=O) groups excluding carboxylic acids is 2. The van der Waals surface area contributed by atoms with Gasteiger partial charge in [0.15, 0.2) is 0 Å². The maximum absolute atomic E-state index is 11.4. The van der Waals surface area contributed by atoms with Crippen LogP contribution >= 0.6 is 0 Å². The highest BCUT2D eigenvalue weighted by Crippen LogP contribution is 2.16. The van der Waals surface area contributed by atoms with E-state index >= 15 is 0 Å². The van der Waals surface area contributed by atoms with Crippen molar-refractivity contribution in [2.45, 2.75) is 47.0 Å². The summed E-state index contributed by atoms with van der Waals surface area (Å²) < 4.78 is 5.13. The van der Waals surface area contributed by atoms with Gasteiger partial charge in [-0.2, -0.15) is 0 Å².